The van der Waals surface area contributed by atoms with E-state index in [1.165, 1.54) is 0 Å². The number of anilines is 1. The van der Waals surface area contributed by atoms with E-state index in [-0.39, 0.29) is 6.61 Å². The Hall–Kier alpha value is -3.42. The van der Waals surface area contributed by atoms with Gasteiger partial charge in [-0.3, -0.25) is 9.59 Å². The molecule has 0 aromatic heterocycles. The molecule has 0 aliphatic carbocycles. The fourth-order valence-corrected chi connectivity index (χ4v) is 3.51. The van der Waals surface area contributed by atoms with Crippen molar-refractivity contribution in [3.8, 4) is 28.7 Å². The molecule has 1 N–H and O–H groups in total. The Labute approximate surface area is 214 Å². The zero-order valence-corrected chi connectivity index (χ0v) is 22.1. The molecule has 8 heteroatoms. The maximum atomic E-state index is 13.1. The van der Waals surface area contributed by atoms with E-state index in [9.17, 15) is 9.59 Å². The van der Waals surface area contributed by atoms with Crippen LogP contribution in [0.2, 0.25) is 0 Å². The van der Waals surface area contributed by atoms with Crippen molar-refractivity contribution in [1.82, 2.24) is 0 Å². The second kappa shape index (κ2) is 15.5. The van der Waals surface area contributed by atoms with Crippen LogP contribution in [0, 0.1) is 5.92 Å². The Bertz CT molecular complexity index is 976. The summed E-state index contributed by atoms with van der Waals surface area (Å²) < 4.78 is 27.9. The van der Waals surface area contributed by atoms with Gasteiger partial charge in [0.15, 0.2) is 17.2 Å². The topological polar surface area (TPSA) is 92.3 Å². The molecule has 1 atom stereocenters. The van der Waals surface area contributed by atoms with Gasteiger partial charge >= 0.3 is 5.97 Å². The lowest BCUT2D eigenvalue weighted by Crippen LogP contribution is -2.31. The summed E-state index contributed by atoms with van der Waals surface area (Å²) in [5.74, 6) is 0.621. The number of nitrogens with one attached hydrogen (secondary N) is 1. The van der Waals surface area contributed by atoms with Gasteiger partial charge in [-0.05, 0) is 44.0 Å². The first-order valence-corrected chi connectivity index (χ1v) is 12.6. The normalized spacial score (nSPS) is 11.4. The van der Waals surface area contributed by atoms with Gasteiger partial charge in [0.05, 0.1) is 33.1 Å². The lowest BCUT2D eigenvalue weighted by molar-refractivity contribution is -0.151. The Balaban J connectivity index is 2.29. The molecule has 0 aliphatic heterocycles. The number of ether oxygens (including phenoxy) is 5. The zero-order valence-electron chi connectivity index (χ0n) is 22.1. The third-order valence-corrected chi connectivity index (χ3v) is 5.55. The molecule has 0 spiro atoms. The summed E-state index contributed by atoms with van der Waals surface area (Å²) in [5.41, 5.74) is 0.399. The number of unbranched alkanes of at least 4 members (excludes halogenated alkanes) is 3. The monoisotopic (exact) mass is 501 g/mol. The number of benzene rings is 2. The zero-order chi connectivity index (χ0) is 26.3. The lowest BCUT2D eigenvalue weighted by atomic mass is 10.00. The minimum absolute atomic E-state index is 0.214. The number of carbonyl (C=O) groups excluding carboxylic acids is 2. The summed E-state index contributed by atoms with van der Waals surface area (Å²) in [7, 11) is 3.09. The molecular weight excluding hydrogens is 462 g/mol. The van der Waals surface area contributed by atoms with Gasteiger partial charge in [-0.2, -0.15) is 0 Å². The predicted octanol–water partition coefficient (Wildman–Crippen LogP) is 6.37. The highest BCUT2D eigenvalue weighted by Gasteiger charge is 2.28. The molecule has 0 saturated carbocycles. The van der Waals surface area contributed by atoms with Gasteiger partial charge in [0.2, 0.25) is 5.91 Å². The van der Waals surface area contributed by atoms with E-state index >= 15 is 0 Å². The first-order valence-electron chi connectivity index (χ1n) is 12.6. The molecule has 0 saturated heterocycles. The smallest absolute Gasteiger partial charge is 0.318 e. The molecule has 0 fully saturated rings. The van der Waals surface area contributed by atoms with Gasteiger partial charge in [0.25, 0.3) is 0 Å². The molecule has 0 radical (unpaired) electrons. The Kier molecular flexibility index (Phi) is 12.4. The molecule has 0 bridgehead atoms. The van der Waals surface area contributed by atoms with Crippen molar-refractivity contribution in [2.45, 2.75) is 59.3 Å². The number of hydrogen-bond acceptors (Lipinski definition) is 7. The molecule has 2 aromatic carbocycles. The highest BCUT2D eigenvalue weighted by atomic mass is 16.5. The van der Waals surface area contributed by atoms with Crippen LogP contribution in [0.25, 0.3) is 0 Å². The average molecular weight is 502 g/mol. The molecular formula is C28H39NO7. The van der Waals surface area contributed by atoms with Crippen molar-refractivity contribution in [2.24, 2.45) is 5.92 Å². The van der Waals surface area contributed by atoms with Crippen LogP contribution in [0.1, 0.15) is 59.3 Å². The molecule has 36 heavy (non-hydrogen) atoms. The average Bonchev–Trinajstić information content (AvgIpc) is 2.88. The molecule has 0 aliphatic rings. The van der Waals surface area contributed by atoms with Gasteiger partial charge in [0, 0.05) is 12.1 Å². The van der Waals surface area contributed by atoms with Crippen LogP contribution in [0.15, 0.2) is 36.4 Å². The maximum absolute atomic E-state index is 13.1. The quantitative estimate of drug-likeness (QED) is 0.162. The maximum Gasteiger partial charge on any atom is 0.318 e. The fourth-order valence-electron chi connectivity index (χ4n) is 3.51. The minimum atomic E-state index is -0.902. The number of carbonyl (C=O) groups is 2. The summed E-state index contributed by atoms with van der Waals surface area (Å²) in [6.45, 7) is 6.73. The van der Waals surface area contributed by atoms with Crippen LogP contribution < -0.4 is 24.3 Å². The summed E-state index contributed by atoms with van der Waals surface area (Å²) in [6, 6.07) is 10.4. The summed E-state index contributed by atoms with van der Waals surface area (Å²) >= 11 is 0. The largest absolute Gasteiger partial charge is 0.497 e. The van der Waals surface area contributed by atoms with Gasteiger partial charge in [-0.15, -0.1) is 0 Å². The van der Waals surface area contributed by atoms with Crippen molar-refractivity contribution >= 4 is 17.6 Å². The summed E-state index contributed by atoms with van der Waals surface area (Å²) in [5, 5.41) is 2.85. The van der Waals surface area contributed by atoms with E-state index in [0.717, 1.165) is 32.1 Å². The summed E-state index contributed by atoms with van der Waals surface area (Å²) in [4.78, 5) is 25.6. The first kappa shape index (κ1) is 28.8. The molecule has 2 rings (SSSR count). The number of hydrogen-bond donors (Lipinski definition) is 1. The van der Waals surface area contributed by atoms with Crippen LogP contribution in [-0.2, 0) is 14.3 Å². The van der Waals surface area contributed by atoms with Crippen molar-refractivity contribution in [2.75, 3.05) is 32.8 Å². The third kappa shape index (κ3) is 8.66. The van der Waals surface area contributed by atoms with E-state index in [1.54, 1.807) is 57.5 Å². The molecule has 1 unspecified atom stereocenters. The molecule has 0 heterocycles. The molecule has 1 amide bonds. The second-order valence-electron chi connectivity index (χ2n) is 8.27. The Morgan fingerprint density at radius 1 is 0.833 bits per heavy atom. The van der Waals surface area contributed by atoms with E-state index < -0.39 is 17.8 Å². The Morgan fingerprint density at radius 2 is 1.56 bits per heavy atom. The van der Waals surface area contributed by atoms with Crippen LogP contribution in [0.5, 0.6) is 28.7 Å². The SMILES string of the molecule is CCCCCC(C(=O)Nc1ccc(OC)cc1Oc1ccc(OCCCC)cc1OC)C(=O)OCC. The number of rotatable bonds is 16. The second-order valence-corrected chi connectivity index (χ2v) is 8.27. The molecule has 2 aromatic rings. The van der Waals surface area contributed by atoms with Crippen LogP contribution in [0.3, 0.4) is 0 Å². The van der Waals surface area contributed by atoms with E-state index in [4.69, 9.17) is 23.7 Å². The predicted molar refractivity (Wildman–Crippen MR) is 139 cm³/mol. The van der Waals surface area contributed by atoms with Crippen molar-refractivity contribution in [3.63, 3.8) is 0 Å². The van der Waals surface area contributed by atoms with Gasteiger partial charge in [-0.25, -0.2) is 0 Å². The van der Waals surface area contributed by atoms with Crippen LogP contribution in [0.4, 0.5) is 5.69 Å². The van der Waals surface area contributed by atoms with Gasteiger partial charge in [-0.1, -0.05) is 39.5 Å². The number of esters is 1. The highest BCUT2D eigenvalue weighted by molar-refractivity contribution is 6.05. The van der Waals surface area contributed by atoms with E-state index in [2.05, 4.69) is 19.2 Å². The Morgan fingerprint density at radius 3 is 2.22 bits per heavy atom. The number of methoxy groups -OCH3 is 2. The minimum Gasteiger partial charge on any atom is -0.497 e. The van der Waals surface area contributed by atoms with Crippen molar-refractivity contribution in [3.05, 3.63) is 36.4 Å². The van der Waals surface area contributed by atoms with Crippen molar-refractivity contribution < 1.29 is 33.3 Å². The van der Waals surface area contributed by atoms with Crippen LogP contribution >= 0.6 is 0 Å². The van der Waals surface area contributed by atoms with Crippen LogP contribution in [-0.4, -0.2) is 39.3 Å². The molecule has 8 nitrogen and oxygen atoms in total. The number of amides is 1. The van der Waals surface area contributed by atoms with Gasteiger partial charge < -0.3 is 29.0 Å². The molecule has 198 valence electrons. The summed E-state index contributed by atoms with van der Waals surface area (Å²) in [6.07, 6.45) is 5.08. The highest BCUT2D eigenvalue weighted by Crippen LogP contribution is 2.39. The fraction of sp³-hybridized carbons (Fsp3) is 0.500. The van der Waals surface area contributed by atoms with Crippen molar-refractivity contribution in [1.29, 1.82) is 0 Å². The van der Waals surface area contributed by atoms with E-state index in [1.807, 2.05) is 0 Å². The lowest BCUT2D eigenvalue weighted by Gasteiger charge is -2.19. The van der Waals surface area contributed by atoms with E-state index in [0.29, 0.717) is 47.5 Å². The standard InChI is InChI=1S/C28H39NO7/c1-6-9-11-12-22(28(31)34-8-3)27(30)29-23-15-13-20(32-4)18-25(23)36-24-16-14-21(19-26(24)33-5)35-17-10-7-2/h13-16,18-19,22H,6-12,17H2,1-5H3,(H,29,30). The first-order chi connectivity index (χ1) is 17.5. The van der Waals surface area contributed by atoms with Gasteiger partial charge in [0.1, 0.15) is 17.4 Å². The third-order valence-electron chi connectivity index (χ3n) is 5.55.